The van der Waals surface area contributed by atoms with E-state index in [1.165, 1.54) is 23.5 Å². The molecule has 0 spiro atoms. The highest BCUT2D eigenvalue weighted by Crippen LogP contribution is 2.31. The Morgan fingerprint density at radius 2 is 1.60 bits per heavy atom. The van der Waals surface area contributed by atoms with Crippen LogP contribution in [-0.4, -0.2) is 11.2 Å². The van der Waals surface area contributed by atoms with Crippen molar-refractivity contribution in [3.8, 4) is 11.1 Å². The van der Waals surface area contributed by atoms with Gasteiger partial charge in [-0.05, 0) is 28.8 Å². The molecule has 0 fully saturated rings. The van der Waals surface area contributed by atoms with Crippen LogP contribution in [0.1, 0.15) is 11.1 Å². The standard InChI is InChI=1S/C17H13F3N4S/c18-17(19,20)14-7-5-13(6-8-14)12-3-1-11(2-4-12)9-22-24-16-23-15(21)10-25-16/h1-10H,21H2,(H,23,24). The molecule has 0 saturated heterocycles. The molecular weight excluding hydrogens is 349 g/mol. The van der Waals surface area contributed by atoms with Crippen molar-refractivity contribution < 1.29 is 13.2 Å². The van der Waals surface area contributed by atoms with Crippen LogP contribution >= 0.6 is 11.3 Å². The zero-order valence-electron chi connectivity index (χ0n) is 12.8. The first kappa shape index (κ1) is 17.0. The lowest BCUT2D eigenvalue weighted by Gasteiger charge is -2.08. The molecule has 0 radical (unpaired) electrons. The highest BCUT2D eigenvalue weighted by Gasteiger charge is 2.29. The Bertz CT molecular complexity index is 868. The molecule has 8 heteroatoms. The van der Waals surface area contributed by atoms with Gasteiger partial charge in [-0.15, -0.1) is 11.3 Å². The average Bonchev–Trinajstić information content (AvgIpc) is 3.00. The molecule has 1 heterocycles. The number of nitrogens with two attached hydrogens (primary N) is 1. The van der Waals surface area contributed by atoms with E-state index in [4.69, 9.17) is 5.73 Å². The minimum Gasteiger partial charge on any atom is -0.383 e. The van der Waals surface area contributed by atoms with E-state index in [9.17, 15) is 13.2 Å². The number of aromatic nitrogens is 1. The van der Waals surface area contributed by atoms with Crippen molar-refractivity contribution in [3.05, 3.63) is 65.0 Å². The van der Waals surface area contributed by atoms with Crippen LogP contribution in [0.3, 0.4) is 0 Å². The van der Waals surface area contributed by atoms with Gasteiger partial charge in [0, 0.05) is 5.38 Å². The second-order valence-electron chi connectivity index (χ2n) is 5.14. The predicted octanol–water partition coefficient (Wildman–Crippen LogP) is 4.86. The molecule has 3 aromatic rings. The van der Waals surface area contributed by atoms with Crippen LogP contribution in [0.25, 0.3) is 11.1 Å². The minimum atomic E-state index is -4.33. The maximum Gasteiger partial charge on any atom is 0.416 e. The summed E-state index contributed by atoms with van der Waals surface area (Å²) in [6.07, 6.45) is -2.71. The number of benzene rings is 2. The lowest BCUT2D eigenvalue weighted by atomic mass is 10.0. The molecule has 1 aromatic heterocycles. The average molecular weight is 362 g/mol. The Balaban J connectivity index is 1.67. The lowest BCUT2D eigenvalue weighted by molar-refractivity contribution is -0.137. The van der Waals surface area contributed by atoms with Crippen LogP contribution in [0.5, 0.6) is 0 Å². The second kappa shape index (κ2) is 6.94. The smallest absolute Gasteiger partial charge is 0.383 e. The van der Waals surface area contributed by atoms with Gasteiger partial charge in [-0.2, -0.15) is 18.3 Å². The molecule has 0 aliphatic rings. The number of nitrogens with zero attached hydrogens (tertiary/aromatic N) is 2. The van der Waals surface area contributed by atoms with Crippen molar-refractivity contribution in [1.29, 1.82) is 0 Å². The van der Waals surface area contributed by atoms with Crippen molar-refractivity contribution in [3.63, 3.8) is 0 Å². The van der Waals surface area contributed by atoms with Crippen LogP contribution in [-0.2, 0) is 6.18 Å². The number of nitrogens with one attached hydrogen (secondary N) is 1. The maximum absolute atomic E-state index is 12.6. The summed E-state index contributed by atoms with van der Waals surface area (Å²) in [6, 6.07) is 12.4. The van der Waals surface area contributed by atoms with E-state index in [1.54, 1.807) is 11.6 Å². The zero-order chi connectivity index (χ0) is 17.9. The monoisotopic (exact) mass is 362 g/mol. The van der Waals surface area contributed by atoms with Gasteiger partial charge in [-0.3, -0.25) is 5.43 Å². The molecule has 128 valence electrons. The third kappa shape index (κ3) is 4.36. The number of nitrogen functional groups attached to an aromatic ring is 1. The van der Waals surface area contributed by atoms with Gasteiger partial charge in [-0.25, -0.2) is 4.98 Å². The van der Waals surface area contributed by atoms with Crippen molar-refractivity contribution in [2.24, 2.45) is 5.10 Å². The van der Waals surface area contributed by atoms with Gasteiger partial charge in [0.15, 0.2) is 0 Å². The molecule has 25 heavy (non-hydrogen) atoms. The quantitative estimate of drug-likeness (QED) is 0.515. The third-order valence-electron chi connectivity index (χ3n) is 3.35. The highest BCUT2D eigenvalue weighted by atomic mass is 32.1. The summed E-state index contributed by atoms with van der Waals surface area (Å²) in [7, 11) is 0. The van der Waals surface area contributed by atoms with E-state index in [1.807, 2.05) is 24.3 Å². The van der Waals surface area contributed by atoms with E-state index in [0.717, 1.165) is 23.3 Å². The zero-order valence-corrected chi connectivity index (χ0v) is 13.6. The van der Waals surface area contributed by atoms with Crippen LogP contribution in [0.4, 0.5) is 24.1 Å². The summed E-state index contributed by atoms with van der Waals surface area (Å²) in [5.41, 5.74) is 10.0. The SMILES string of the molecule is Nc1csc(NN=Cc2ccc(-c3ccc(C(F)(F)F)cc3)cc2)n1. The van der Waals surface area contributed by atoms with Gasteiger partial charge in [0.1, 0.15) is 5.82 Å². The van der Waals surface area contributed by atoms with Gasteiger partial charge in [-0.1, -0.05) is 36.4 Å². The lowest BCUT2D eigenvalue weighted by Crippen LogP contribution is -2.03. The van der Waals surface area contributed by atoms with Gasteiger partial charge in [0.2, 0.25) is 5.13 Å². The number of rotatable bonds is 4. The molecule has 2 aromatic carbocycles. The van der Waals surface area contributed by atoms with Crippen molar-refractivity contribution >= 4 is 28.5 Å². The van der Waals surface area contributed by atoms with E-state index in [2.05, 4.69) is 15.5 Å². The molecule has 3 N–H and O–H groups in total. The first-order valence-corrected chi connectivity index (χ1v) is 8.07. The van der Waals surface area contributed by atoms with Gasteiger partial charge in [0.25, 0.3) is 0 Å². The van der Waals surface area contributed by atoms with E-state index < -0.39 is 11.7 Å². The molecular formula is C17H13F3N4S. The predicted molar refractivity (Wildman–Crippen MR) is 94.6 cm³/mol. The number of anilines is 2. The summed E-state index contributed by atoms with van der Waals surface area (Å²) in [4.78, 5) is 4.01. The van der Waals surface area contributed by atoms with Crippen LogP contribution < -0.4 is 11.2 Å². The fraction of sp³-hybridized carbons (Fsp3) is 0.0588. The molecule has 0 saturated carbocycles. The van der Waals surface area contributed by atoms with Gasteiger partial charge in [0.05, 0.1) is 11.8 Å². The molecule has 0 unspecified atom stereocenters. The fourth-order valence-electron chi connectivity index (χ4n) is 2.11. The van der Waals surface area contributed by atoms with Crippen LogP contribution in [0.15, 0.2) is 59.0 Å². The number of hydrogen-bond acceptors (Lipinski definition) is 5. The van der Waals surface area contributed by atoms with Crippen molar-refractivity contribution in [1.82, 2.24) is 4.98 Å². The normalized spacial score (nSPS) is 11.8. The fourth-order valence-corrected chi connectivity index (χ4v) is 2.66. The third-order valence-corrected chi connectivity index (χ3v) is 4.12. The van der Waals surface area contributed by atoms with E-state index in [-0.39, 0.29) is 0 Å². The molecule has 0 aliphatic carbocycles. The summed E-state index contributed by atoms with van der Waals surface area (Å²) in [5.74, 6) is 0.434. The molecule has 0 aliphatic heterocycles. The number of hydrogen-bond donors (Lipinski definition) is 2. The Hall–Kier alpha value is -2.87. The summed E-state index contributed by atoms with van der Waals surface area (Å²) in [5, 5.41) is 6.36. The van der Waals surface area contributed by atoms with Gasteiger partial charge < -0.3 is 5.73 Å². The maximum atomic E-state index is 12.6. The summed E-state index contributed by atoms with van der Waals surface area (Å²) < 4.78 is 37.8. The summed E-state index contributed by atoms with van der Waals surface area (Å²) >= 11 is 1.35. The first-order chi connectivity index (χ1) is 11.9. The number of thiazole rings is 1. The highest BCUT2D eigenvalue weighted by molar-refractivity contribution is 7.14. The van der Waals surface area contributed by atoms with Crippen molar-refractivity contribution in [2.75, 3.05) is 11.2 Å². The Morgan fingerprint density at radius 3 is 2.12 bits per heavy atom. The van der Waals surface area contributed by atoms with Gasteiger partial charge >= 0.3 is 6.18 Å². The topological polar surface area (TPSA) is 63.3 Å². The van der Waals surface area contributed by atoms with E-state index in [0.29, 0.717) is 16.5 Å². The summed E-state index contributed by atoms with van der Waals surface area (Å²) in [6.45, 7) is 0. The largest absolute Gasteiger partial charge is 0.416 e. The second-order valence-corrected chi connectivity index (χ2v) is 6.00. The Morgan fingerprint density at radius 1 is 1.00 bits per heavy atom. The molecule has 0 atom stereocenters. The van der Waals surface area contributed by atoms with Crippen LogP contribution in [0.2, 0.25) is 0 Å². The molecule has 3 rings (SSSR count). The number of alkyl halides is 3. The first-order valence-electron chi connectivity index (χ1n) is 7.19. The Labute approximate surface area is 145 Å². The molecule has 0 bridgehead atoms. The van der Waals surface area contributed by atoms with Crippen molar-refractivity contribution in [2.45, 2.75) is 6.18 Å². The molecule has 4 nitrogen and oxygen atoms in total. The Kier molecular flexibility index (Phi) is 4.71. The number of halogens is 3. The minimum absolute atomic E-state index is 0.434. The van der Waals surface area contributed by atoms with Crippen LogP contribution in [0, 0.1) is 0 Å². The molecule has 0 amide bonds. The number of hydrazone groups is 1. The van der Waals surface area contributed by atoms with E-state index >= 15 is 0 Å².